The molecule has 2 aromatic rings. The van der Waals surface area contributed by atoms with Crippen molar-refractivity contribution in [3.8, 4) is 5.88 Å². The standard InChI is InChI=1S/C12H10Cl2FN3O/c13-8-5-9(14)12(17-11(8)18-16)19-6-7-3-1-2-4-10(7)15/h1-5H,6,16H2,(H,17,18). The molecule has 0 aliphatic heterocycles. The van der Waals surface area contributed by atoms with Crippen molar-refractivity contribution in [2.45, 2.75) is 6.61 Å². The lowest BCUT2D eigenvalue weighted by atomic mass is 10.2. The lowest BCUT2D eigenvalue weighted by molar-refractivity contribution is 0.288. The quantitative estimate of drug-likeness (QED) is 0.671. The lowest BCUT2D eigenvalue weighted by Gasteiger charge is -2.10. The van der Waals surface area contributed by atoms with Gasteiger partial charge in [0.1, 0.15) is 17.4 Å². The minimum Gasteiger partial charge on any atom is -0.472 e. The molecule has 0 amide bonds. The van der Waals surface area contributed by atoms with Crippen molar-refractivity contribution in [3.63, 3.8) is 0 Å². The van der Waals surface area contributed by atoms with Crippen LogP contribution in [0.4, 0.5) is 10.2 Å². The molecule has 0 spiro atoms. The number of pyridine rings is 1. The highest BCUT2D eigenvalue weighted by molar-refractivity contribution is 6.36. The van der Waals surface area contributed by atoms with Crippen LogP contribution in [0.25, 0.3) is 0 Å². The van der Waals surface area contributed by atoms with Gasteiger partial charge in [0.25, 0.3) is 0 Å². The molecule has 1 aromatic carbocycles. The van der Waals surface area contributed by atoms with Crippen molar-refractivity contribution in [1.82, 2.24) is 4.98 Å². The second-order valence-corrected chi connectivity index (χ2v) is 4.44. The number of hydrogen-bond donors (Lipinski definition) is 2. The number of halogens is 3. The Labute approximate surface area is 119 Å². The van der Waals surface area contributed by atoms with Crippen LogP contribution in [0.1, 0.15) is 5.56 Å². The minimum absolute atomic E-state index is 0.00500. The number of benzene rings is 1. The Balaban J connectivity index is 2.18. The summed E-state index contributed by atoms with van der Waals surface area (Å²) in [5.74, 6) is 5.25. The molecule has 100 valence electrons. The first-order valence-electron chi connectivity index (χ1n) is 5.30. The molecule has 19 heavy (non-hydrogen) atoms. The maximum absolute atomic E-state index is 13.4. The average molecular weight is 302 g/mol. The Morgan fingerprint density at radius 2 is 2.00 bits per heavy atom. The molecule has 0 radical (unpaired) electrons. The highest BCUT2D eigenvalue weighted by Gasteiger charge is 2.11. The summed E-state index contributed by atoms with van der Waals surface area (Å²) in [6.45, 7) is 0.00500. The Bertz CT molecular complexity index is 595. The fraction of sp³-hybridized carbons (Fsp3) is 0.0833. The van der Waals surface area contributed by atoms with E-state index in [0.717, 1.165) is 0 Å². The second-order valence-electron chi connectivity index (χ2n) is 3.63. The molecule has 1 heterocycles. The first-order valence-corrected chi connectivity index (χ1v) is 6.06. The van der Waals surface area contributed by atoms with Crippen LogP contribution in [-0.4, -0.2) is 4.98 Å². The summed E-state index contributed by atoms with van der Waals surface area (Å²) in [6, 6.07) is 7.72. The number of rotatable bonds is 4. The van der Waals surface area contributed by atoms with E-state index in [0.29, 0.717) is 5.56 Å². The summed E-state index contributed by atoms with van der Waals surface area (Å²) in [6.07, 6.45) is 0. The smallest absolute Gasteiger partial charge is 0.235 e. The van der Waals surface area contributed by atoms with Crippen molar-refractivity contribution < 1.29 is 9.13 Å². The fourth-order valence-corrected chi connectivity index (χ4v) is 1.88. The van der Waals surface area contributed by atoms with Gasteiger partial charge < -0.3 is 10.2 Å². The van der Waals surface area contributed by atoms with Gasteiger partial charge in [-0.1, -0.05) is 41.4 Å². The monoisotopic (exact) mass is 301 g/mol. The summed E-state index contributed by atoms with van der Waals surface area (Å²) in [5, 5.41) is 0.492. The molecule has 0 atom stereocenters. The SMILES string of the molecule is NNc1nc(OCc2ccccc2F)c(Cl)cc1Cl. The predicted octanol–water partition coefficient (Wildman–Crippen LogP) is 3.39. The van der Waals surface area contributed by atoms with Crippen molar-refractivity contribution >= 4 is 29.0 Å². The number of nitrogens with two attached hydrogens (primary N) is 1. The highest BCUT2D eigenvalue weighted by Crippen LogP contribution is 2.30. The third kappa shape index (κ3) is 3.26. The molecule has 2 rings (SSSR count). The van der Waals surface area contributed by atoms with Crippen LogP contribution in [0.2, 0.25) is 10.0 Å². The molecule has 7 heteroatoms. The van der Waals surface area contributed by atoms with Gasteiger partial charge in [0, 0.05) is 5.56 Å². The van der Waals surface area contributed by atoms with E-state index in [2.05, 4.69) is 10.4 Å². The van der Waals surface area contributed by atoms with Crippen LogP contribution >= 0.6 is 23.2 Å². The maximum Gasteiger partial charge on any atom is 0.235 e. The van der Waals surface area contributed by atoms with Gasteiger partial charge >= 0.3 is 0 Å². The lowest BCUT2D eigenvalue weighted by Crippen LogP contribution is -2.10. The van der Waals surface area contributed by atoms with E-state index in [1.807, 2.05) is 0 Å². The van der Waals surface area contributed by atoms with Crippen LogP contribution < -0.4 is 16.0 Å². The maximum atomic E-state index is 13.4. The molecule has 0 aliphatic carbocycles. The molecule has 3 N–H and O–H groups in total. The van der Waals surface area contributed by atoms with Gasteiger partial charge in [-0.3, -0.25) is 0 Å². The molecule has 0 bridgehead atoms. The van der Waals surface area contributed by atoms with Gasteiger partial charge in [0.05, 0.1) is 5.02 Å². The normalized spacial score (nSPS) is 10.3. The molecule has 0 aliphatic rings. The molecule has 1 aromatic heterocycles. The summed E-state index contributed by atoms with van der Waals surface area (Å²) in [7, 11) is 0. The van der Waals surface area contributed by atoms with E-state index in [1.54, 1.807) is 18.2 Å². The van der Waals surface area contributed by atoms with Crippen LogP contribution in [0.3, 0.4) is 0 Å². The van der Waals surface area contributed by atoms with Gasteiger partial charge in [-0.2, -0.15) is 4.98 Å². The van der Waals surface area contributed by atoms with Crippen molar-refractivity contribution in [3.05, 3.63) is 51.8 Å². The first kappa shape index (κ1) is 13.9. The summed E-state index contributed by atoms with van der Waals surface area (Å²) < 4.78 is 18.8. The topological polar surface area (TPSA) is 60.2 Å². The summed E-state index contributed by atoms with van der Waals surface area (Å²) in [4.78, 5) is 3.99. The zero-order chi connectivity index (χ0) is 13.8. The zero-order valence-corrected chi connectivity index (χ0v) is 11.2. The Morgan fingerprint density at radius 1 is 1.26 bits per heavy atom. The second kappa shape index (κ2) is 6.06. The van der Waals surface area contributed by atoms with Gasteiger partial charge in [-0.15, -0.1) is 0 Å². The van der Waals surface area contributed by atoms with Gasteiger partial charge in [-0.25, -0.2) is 10.2 Å². The summed E-state index contributed by atoms with van der Waals surface area (Å²) >= 11 is 11.8. The Morgan fingerprint density at radius 3 is 2.68 bits per heavy atom. The molecule has 4 nitrogen and oxygen atoms in total. The minimum atomic E-state index is -0.357. The van der Waals surface area contributed by atoms with Gasteiger partial charge in [0.15, 0.2) is 5.82 Å². The fourth-order valence-electron chi connectivity index (χ4n) is 1.41. The van der Waals surface area contributed by atoms with E-state index in [4.69, 9.17) is 33.8 Å². The van der Waals surface area contributed by atoms with Crippen molar-refractivity contribution in [2.24, 2.45) is 5.84 Å². The van der Waals surface area contributed by atoms with Crippen molar-refractivity contribution in [2.75, 3.05) is 5.43 Å². The number of nitrogen functional groups attached to an aromatic ring is 1. The number of nitrogens with one attached hydrogen (secondary N) is 1. The third-order valence-corrected chi connectivity index (χ3v) is 2.92. The molecule has 0 saturated heterocycles. The van der Waals surface area contributed by atoms with Crippen LogP contribution in [0, 0.1) is 5.82 Å². The van der Waals surface area contributed by atoms with Crippen LogP contribution in [-0.2, 0) is 6.61 Å². The van der Waals surface area contributed by atoms with Crippen LogP contribution in [0.5, 0.6) is 5.88 Å². The van der Waals surface area contributed by atoms with Crippen LogP contribution in [0.15, 0.2) is 30.3 Å². The molecular weight excluding hydrogens is 292 g/mol. The molecule has 0 fully saturated rings. The van der Waals surface area contributed by atoms with E-state index >= 15 is 0 Å². The van der Waals surface area contributed by atoms with E-state index < -0.39 is 0 Å². The van der Waals surface area contributed by atoms with Gasteiger partial charge in [-0.05, 0) is 12.1 Å². The first-order chi connectivity index (χ1) is 9.11. The number of ether oxygens (including phenoxy) is 1. The largest absolute Gasteiger partial charge is 0.472 e. The Hall–Kier alpha value is -1.56. The summed E-state index contributed by atoms with van der Waals surface area (Å²) in [5.41, 5.74) is 2.72. The number of anilines is 1. The van der Waals surface area contributed by atoms with E-state index in [-0.39, 0.29) is 34.2 Å². The highest BCUT2D eigenvalue weighted by atomic mass is 35.5. The van der Waals surface area contributed by atoms with Crippen molar-refractivity contribution in [1.29, 1.82) is 0 Å². The third-order valence-electron chi connectivity index (χ3n) is 2.36. The number of hydrogen-bond acceptors (Lipinski definition) is 4. The molecular formula is C12H10Cl2FN3O. The molecule has 0 unspecified atom stereocenters. The van der Waals surface area contributed by atoms with E-state index in [1.165, 1.54) is 12.1 Å². The average Bonchev–Trinajstić information content (AvgIpc) is 2.39. The number of aromatic nitrogens is 1. The predicted molar refractivity (Wildman–Crippen MR) is 72.8 cm³/mol. The van der Waals surface area contributed by atoms with E-state index in [9.17, 15) is 4.39 Å². The zero-order valence-electron chi connectivity index (χ0n) is 9.66. The Kier molecular flexibility index (Phi) is 4.42. The number of nitrogens with zero attached hydrogens (tertiary/aromatic N) is 1. The number of hydrazine groups is 1. The molecule has 0 saturated carbocycles. The van der Waals surface area contributed by atoms with Gasteiger partial charge in [0.2, 0.25) is 5.88 Å².